The number of rotatable bonds is 6. The van der Waals surface area contributed by atoms with Crippen LogP contribution in [-0.2, 0) is 9.53 Å². The maximum Gasteiger partial charge on any atom is 0.306 e. The second kappa shape index (κ2) is 7.88. The highest BCUT2D eigenvalue weighted by Crippen LogP contribution is 2.43. The van der Waals surface area contributed by atoms with E-state index >= 15 is 0 Å². The zero-order valence-electron chi connectivity index (χ0n) is 12.9. The van der Waals surface area contributed by atoms with Crippen molar-refractivity contribution in [1.29, 1.82) is 0 Å². The molecule has 1 aliphatic rings. The van der Waals surface area contributed by atoms with Crippen LogP contribution in [0.25, 0.3) is 0 Å². The van der Waals surface area contributed by atoms with Gasteiger partial charge in [0.25, 0.3) is 0 Å². The van der Waals surface area contributed by atoms with Gasteiger partial charge in [-0.25, -0.2) is 0 Å². The molecular formula is C16H31NO2. The molecule has 0 bridgehead atoms. The average molecular weight is 269 g/mol. The number of esters is 1. The van der Waals surface area contributed by atoms with Crippen LogP contribution >= 0.6 is 0 Å². The van der Waals surface area contributed by atoms with E-state index in [9.17, 15) is 4.79 Å². The Labute approximate surface area is 118 Å². The molecule has 0 aromatic carbocycles. The smallest absolute Gasteiger partial charge is 0.306 e. The summed E-state index contributed by atoms with van der Waals surface area (Å²) in [5.41, 5.74) is 6.34. The van der Waals surface area contributed by atoms with Gasteiger partial charge in [0.15, 0.2) is 0 Å². The maximum absolute atomic E-state index is 11.7. The minimum absolute atomic E-state index is 0.0235. The Morgan fingerprint density at radius 2 is 2.11 bits per heavy atom. The van der Waals surface area contributed by atoms with Gasteiger partial charge in [-0.15, -0.1) is 0 Å². The summed E-state index contributed by atoms with van der Waals surface area (Å²) in [6, 6.07) is 0.118. The molecule has 0 radical (unpaired) electrons. The van der Waals surface area contributed by atoms with Crippen LogP contribution in [0.2, 0.25) is 0 Å². The molecule has 0 aromatic rings. The lowest BCUT2D eigenvalue weighted by molar-refractivity contribution is -0.144. The maximum atomic E-state index is 11.7. The normalized spacial score (nSPS) is 29.6. The molecule has 2 N–H and O–H groups in total. The summed E-state index contributed by atoms with van der Waals surface area (Å²) in [5.74, 6) is 0.728. The highest BCUT2D eigenvalue weighted by molar-refractivity contribution is 5.70. The van der Waals surface area contributed by atoms with Gasteiger partial charge in [0.2, 0.25) is 0 Å². The van der Waals surface area contributed by atoms with Crippen molar-refractivity contribution in [2.45, 2.75) is 77.7 Å². The Morgan fingerprint density at radius 1 is 1.37 bits per heavy atom. The predicted octanol–water partition coefficient (Wildman–Crippen LogP) is 3.65. The molecule has 0 aliphatic heterocycles. The molecule has 19 heavy (non-hydrogen) atoms. The van der Waals surface area contributed by atoms with E-state index in [1.165, 1.54) is 39.2 Å². The second-order valence-corrected chi connectivity index (χ2v) is 6.22. The van der Waals surface area contributed by atoms with Crippen molar-refractivity contribution in [3.63, 3.8) is 0 Å². The molecule has 1 aliphatic carbocycles. The van der Waals surface area contributed by atoms with Gasteiger partial charge in [-0.05, 0) is 37.0 Å². The lowest BCUT2D eigenvalue weighted by atomic mass is 9.70. The molecule has 0 saturated heterocycles. The lowest BCUT2D eigenvalue weighted by Gasteiger charge is -2.37. The quantitative estimate of drug-likeness (QED) is 0.591. The highest BCUT2D eigenvalue weighted by atomic mass is 16.5. The Bertz CT molecular complexity index is 280. The summed E-state index contributed by atoms with van der Waals surface area (Å²) in [5, 5.41) is 0. The first kappa shape index (κ1) is 16.5. The van der Waals surface area contributed by atoms with Crippen LogP contribution in [0, 0.1) is 11.3 Å². The molecule has 3 heteroatoms. The van der Waals surface area contributed by atoms with E-state index < -0.39 is 0 Å². The first-order valence-corrected chi connectivity index (χ1v) is 7.90. The van der Waals surface area contributed by atoms with Crippen LogP contribution in [0.4, 0.5) is 0 Å². The van der Waals surface area contributed by atoms with Crippen LogP contribution in [0.15, 0.2) is 0 Å². The van der Waals surface area contributed by atoms with Crippen molar-refractivity contribution >= 4 is 5.97 Å². The Morgan fingerprint density at radius 3 is 2.68 bits per heavy atom. The van der Waals surface area contributed by atoms with Gasteiger partial charge < -0.3 is 10.5 Å². The predicted molar refractivity (Wildman–Crippen MR) is 78.8 cm³/mol. The molecule has 0 heterocycles. The van der Waals surface area contributed by atoms with E-state index in [0.29, 0.717) is 6.42 Å². The third kappa shape index (κ3) is 4.48. The Kier molecular flexibility index (Phi) is 6.84. The zero-order chi connectivity index (χ0) is 14.3. The monoisotopic (exact) mass is 269 g/mol. The molecule has 0 aromatic heterocycles. The number of carbonyl (C=O) groups excluding carboxylic acids is 1. The van der Waals surface area contributed by atoms with Crippen molar-refractivity contribution < 1.29 is 9.53 Å². The van der Waals surface area contributed by atoms with Crippen molar-refractivity contribution in [2.24, 2.45) is 17.1 Å². The van der Waals surface area contributed by atoms with Gasteiger partial charge in [-0.3, -0.25) is 4.79 Å². The number of nitrogens with two attached hydrogens (primary N) is 1. The summed E-state index contributed by atoms with van der Waals surface area (Å²) < 4.78 is 4.89. The molecule has 3 unspecified atom stereocenters. The zero-order valence-corrected chi connectivity index (χ0v) is 12.9. The topological polar surface area (TPSA) is 52.3 Å². The van der Waals surface area contributed by atoms with Crippen LogP contribution in [0.1, 0.15) is 71.6 Å². The number of carbonyl (C=O) groups is 1. The van der Waals surface area contributed by atoms with Gasteiger partial charge in [0, 0.05) is 6.04 Å². The van der Waals surface area contributed by atoms with Crippen LogP contribution < -0.4 is 5.73 Å². The highest BCUT2D eigenvalue weighted by Gasteiger charge is 2.39. The van der Waals surface area contributed by atoms with Crippen LogP contribution in [0.5, 0.6) is 0 Å². The van der Waals surface area contributed by atoms with E-state index in [4.69, 9.17) is 10.5 Å². The molecule has 0 amide bonds. The fraction of sp³-hybridized carbons (Fsp3) is 0.938. The largest absolute Gasteiger partial charge is 0.469 e. The third-order valence-corrected chi connectivity index (χ3v) is 4.98. The molecule has 0 spiro atoms. The first-order valence-electron chi connectivity index (χ1n) is 7.90. The van der Waals surface area contributed by atoms with Crippen LogP contribution in [0.3, 0.4) is 0 Å². The van der Waals surface area contributed by atoms with E-state index in [-0.39, 0.29) is 17.4 Å². The summed E-state index contributed by atoms with van der Waals surface area (Å²) >= 11 is 0. The summed E-state index contributed by atoms with van der Waals surface area (Å²) in [6.07, 6.45) is 9.90. The van der Waals surface area contributed by atoms with Crippen LogP contribution in [-0.4, -0.2) is 19.1 Å². The number of ether oxygens (including phenoxy) is 1. The Balaban J connectivity index is 2.76. The molecule has 1 fully saturated rings. The summed E-state index contributed by atoms with van der Waals surface area (Å²) in [4.78, 5) is 11.7. The fourth-order valence-electron chi connectivity index (χ4n) is 3.67. The molecule has 112 valence electrons. The average Bonchev–Trinajstić information content (AvgIpc) is 2.62. The van der Waals surface area contributed by atoms with E-state index in [2.05, 4.69) is 13.8 Å². The standard InChI is InChI=1S/C16H31NO2/c1-4-7-13-8-6-10-16(11-9-13,14(17)5-2)12-15(18)19-3/h13-14H,4-12,17H2,1-3H3. The van der Waals surface area contributed by atoms with Crippen molar-refractivity contribution in [3.8, 4) is 0 Å². The fourth-order valence-corrected chi connectivity index (χ4v) is 3.67. The summed E-state index contributed by atoms with van der Waals surface area (Å²) in [6.45, 7) is 4.38. The Hall–Kier alpha value is -0.570. The van der Waals surface area contributed by atoms with Crippen molar-refractivity contribution in [3.05, 3.63) is 0 Å². The minimum Gasteiger partial charge on any atom is -0.469 e. The number of hydrogen-bond donors (Lipinski definition) is 1. The van der Waals surface area contributed by atoms with Crippen molar-refractivity contribution in [2.75, 3.05) is 7.11 Å². The van der Waals surface area contributed by atoms with E-state index in [1.54, 1.807) is 0 Å². The van der Waals surface area contributed by atoms with Gasteiger partial charge in [0.1, 0.15) is 0 Å². The first-order chi connectivity index (χ1) is 9.07. The van der Waals surface area contributed by atoms with E-state index in [1.807, 2.05) is 0 Å². The van der Waals surface area contributed by atoms with Gasteiger partial charge in [0.05, 0.1) is 13.5 Å². The SMILES string of the molecule is CCCC1CCCC(CC(=O)OC)(C(N)CC)CC1. The van der Waals surface area contributed by atoms with E-state index in [0.717, 1.165) is 25.2 Å². The van der Waals surface area contributed by atoms with Crippen molar-refractivity contribution in [1.82, 2.24) is 0 Å². The molecule has 1 rings (SSSR count). The second-order valence-electron chi connectivity index (χ2n) is 6.22. The summed E-state index contributed by atoms with van der Waals surface area (Å²) in [7, 11) is 1.48. The lowest BCUT2D eigenvalue weighted by Crippen LogP contribution is -2.43. The van der Waals surface area contributed by atoms with Gasteiger partial charge in [-0.1, -0.05) is 39.5 Å². The molecule has 3 nitrogen and oxygen atoms in total. The number of hydrogen-bond acceptors (Lipinski definition) is 3. The minimum atomic E-state index is -0.0992. The molecule has 3 atom stereocenters. The molecular weight excluding hydrogens is 238 g/mol. The third-order valence-electron chi connectivity index (χ3n) is 4.98. The van der Waals surface area contributed by atoms with Gasteiger partial charge in [-0.2, -0.15) is 0 Å². The number of methoxy groups -OCH3 is 1. The van der Waals surface area contributed by atoms with Gasteiger partial charge >= 0.3 is 5.97 Å². The molecule has 1 saturated carbocycles.